The molecular weight excluding hydrogens is 278 g/mol. The summed E-state index contributed by atoms with van der Waals surface area (Å²) < 4.78 is 7.08. The molecule has 22 heavy (non-hydrogen) atoms. The highest BCUT2D eigenvalue weighted by molar-refractivity contribution is 5.77. The fourth-order valence-corrected chi connectivity index (χ4v) is 2.97. The lowest BCUT2D eigenvalue weighted by Crippen LogP contribution is -2.22. The number of fused-ring (bicyclic) bond motifs is 1. The van der Waals surface area contributed by atoms with Crippen molar-refractivity contribution in [2.24, 2.45) is 0 Å². The van der Waals surface area contributed by atoms with Gasteiger partial charge in [-0.1, -0.05) is 12.1 Å². The van der Waals surface area contributed by atoms with Gasteiger partial charge in [0.05, 0.1) is 7.11 Å². The Balaban J connectivity index is 1.89. The normalized spacial score (nSPS) is 14.7. The zero-order valence-corrected chi connectivity index (χ0v) is 12.4. The number of aromatic nitrogens is 4. The smallest absolute Gasteiger partial charge is 0.254 e. The first-order chi connectivity index (χ1) is 10.9. The summed E-state index contributed by atoms with van der Waals surface area (Å²) in [4.78, 5) is 11.0. The van der Waals surface area contributed by atoms with Crippen molar-refractivity contribution in [3.05, 3.63) is 36.8 Å². The number of methoxy groups -OCH3 is 1. The fraction of sp³-hybridized carbons (Fsp3) is 0.312. The monoisotopic (exact) mass is 295 g/mol. The predicted molar refractivity (Wildman–Crippen MR) is 84.2 cm³/mol. The summed E-state index contributed by atoms with van der Waals surface area (Å²) >= 11 is 0. The number of ether oxygens (including phenoxy) is 1. The van der Waals surface area contributed by atoms with Gasteiger partial charge in [-0.2, -0.15) is 14.6 Å². The Morgan fingerprint density at radius 1 is 1.05 bits per heavy atom. The minimum Gasteiger partial charge on any atom is -0.497 e. The lowest BCUT2D eigenvalue weighted by Gasteiger charge is -2.21. The fourth-order valence-electron chi connectivity index (χ4n) is 2.97. The molecule has 1 aliphatic heterocycles. The Morgan fingerprint density at radius 3 is 2.55 bits per heavy atom. The Bertz CT molecular complexity index is 790. The molecule has 0 unspecified atom stereocenters. The molecule has 0 spiro atoms. The second-order valence-electron chi connectivity index (χ2n) is 5.39. The number of nitrogens with zero attached hydrogens (tertiary/aromatic N) is 5. The zero-order valence-electron chi connectivity index (χ0n) is 12.4. The molecular formula is C16H17N5O. The summed E-state index contributed by atoms with van der Waals surface area (Å²) in [6.45, 7) is 2.09. The molecule has 2 aromatic heterocycles. The van der Waals surface area contributed by atoms with Gasteiger partial charge in [0.25, 0.3) is 5.78 Å². The summed E-state index contributed by atoms with van der Waals surface area (Å²) in [5, 5.41) is 4.36. The quantitative estimate of drug-likeness (QED) is 0.742. The van der Waals surface area contributed by atoms with E-state index in [0.29, 0.717) is 5.78 Å². The molecule has 0 radical (unpaired) electrons. The Labute approximate surface area is 128 Å². The number of rotatable bonds is 3. The molecule has 1 aliphatic rings. The summed E-state index contributed by atoms with van der Waals surface area (Å²) in [6, 6.07) is 8.04. The molecule has 1 saturated heterocycles. The second kappa shape index (κ2) is 5.29. The molecule has 0 amide bonds. The van der Waals surface area contributed by atoms with Gasteiger partial charge in [-0.05, 0) is 30.5 Å². The molecule has 0 saturated carbocycles. The number of anilines is 1. The van der Waals surface area contributed by atoms with Gasteiger partial charge in [-0.15, -0.1) is 0 Å². The van der Waals surface area contributed by atoms with E-state index in [1.807, 2.05) is 22.8 Å². The van der Waals surface area contributed by atoms with Crippen LogP contribution in [0.4, 0.5) is 5.82 Å². The van der Waals surface area contributed by atoms with Crippen LogP contribution in [0.5, 0.6) is 5.75 Å². The number of hydrogen-bond acceptors (Lipinski definition) is 5. The Hall–Kier alpha value is -2.63. The second-order valence-corrected chi connectivity index (χ2v) is 5.39. The molecule has 0 atom stereocenters. The average molecular weight is 295 g/mol. The maximum Gasteiger partial charge on any atom is 0.254 e. The molecule has 3 heterocycles. The van der Waals surface area contributed by atoms with E-state index in [1.165, 1.54) is 12.8 Å². The van der Waals surface area contributed by atoms with Crippen LogP contribution in [-0.2, 0) is 0 Å². The van der Waals surface area contributed by atoms with Crippen molar-refractivity contribution in [2.45, 2.75) is 12.8 Å². The van der Waals surface area contributed by atoms with Crippen molar-refractivity contribution in [1.29, 1.82) is 0 Å². The highest BCUT2D eigenvalue weighted by Gasteiger charge is 2.21. The zero-order chi connectivity index (χ0) is 14.9. The molecule has 3 aromatic rings. The van der Waals surface area contributed by atoms with E-state index in [-0.39, 0.29) is 0 Å². The highest BCUT2D eigenvalue weighted by atomic mass is 16.5. The molecule has 0 aliphatic carbocycles. The van der Waals surface area contributed by atoms with Crippen LogP contribution < -0.4 is 9.64 Å². The third kappa shape index (κ3) is 2.07. The molecule has 6 nitrogen and oxygen atoms in total. The van der Waals surface area contributed by atoms with Crippen LogP contribution >= 0.6 is 0 Å². The van der Waals surface area contributed by atoms with Crippen LogP contribution in [0.2, 0.25) is 0 Å². The minimum atomic E-state index is 0.638. The Morgan fingerprint density at radius 2 is 1.82 bits per heavy atom. The van der Waals surface area contributed by atoms with Gasteiger partial charge < -0.3 is 9.64 Å². The van der Waals surface area contributed by atoms with Crippen LogP contribution in [0, 0.1) is 0 Å². The van der Waals surface area contributed by atoms with Crippen LogP contribution in [0.15, 0.2) is 36.8 Å². The van der Waals surface area contributed by atoms with E-state index in [4.69, 9.17) is 4.74 Å². The van der Waals surface area contributed by atoms with Crippen molar-refractivity contribution in [2.75, 3.05) is 25.1 Å². The van der Waals surface area contributed by atoms with E-state index in [9.17, 15) is 0 Å². The van der Waals surface area contributed by atoms with Gasteiger partial charge in [0.15, 0.2) is 0 Å². The van der Waals surface area contributed by atoms with Gasteiger partial charge >= 0.3 is 0 Å². The van der Waals surface area contributed by atoms with E-state index in [0.717, 1.165) is 35.8 Å². The maximum absolute atomic E-state index is 5.24. The van der Waals surface area contributed by atoms with Crippen molar-refractivity contribution in [3.8, 4) is 16.9 Å². The highest BCUT2D eigenvalue weighted by Crippen LogP contribution is 2.33. The van der Waals surface area contributed by atoms with Crippen molar-refractivity contribution in [1.82, 2.24) is 19.6 Å². The van der Waals surface area contributed by atoms with Crippen LogP contribution in [0.1, 0.15) is 12.8 Å². The molecule has 0 bridgehead atoms. The largest absolute Gasteiger partial charge is 0.497 e. The van der Waals surface area contributed by atoms with Gasteiger partial charge in [0.2, 0.25) is 0 Å². The SMILES string of the molecule is COc1ccc(-c2cnc3ncnn3c2N2CCCC2)cc1. The summed E-state index contributed by atoms with van der Waals surface area (Å²) in [7, 11) is 1.67. The molecule has 4 rings (SSSR count). The van der Waals surface area contributed by atoms with Gasteiger partial charge in [0.1, 0.15) is 17.9 Å². The van der Waals surface area contributed by atoms with Crippen LogP contribution in [0.3, 0.4) is 0 Å². The van der Waals surface area contributed by atoms with Crippen LogP contribution in [-0.4, -0.2) is 39.8 Å². The lowest BCUT2D eigenvalue weighted by atomic mass is 10.1. The third-order valence-corrected chi connectivity index (χ3v) is 4.09. The first-order valence-corrected chi connectivity index (χ1v) is 7.45. The van der Waals surface area contributed by atoms with Crippen molar-refractivity contribution in [3.63, 3.8) is 0 Å². The summed E-state index contributed by atoms with van der Waals surface area (Å²) in [5.41, 5.74) is 2.18. The number of benzene rings is 1. The Kier molecular flexibility index (Phi) is 3.14. The van der Waals surface area contributed by atoms with E-state index < -0.39 is 0 Å². The van der Waals surface area contributed by atoms with Crippen LogP contribution in [0.25, 0.3) is 16.9 Å². The van der Waals surface area contributed by atoms with Gasteiger partial charge in [0, 0.05) is 24.8 Å². The van der Waals surface area contributed by atoms with Crippen molar-refractivity contribution < 1.29 is 4.74 Å². The molecule has 1 aromatic carbocycles. The number of hydrogen-bond donors (Lipinski definition) is 0. The molecule has 112 valence electrons. The first kappa shape index (κ1) is 13.1. The average Bonchev–Trinajstić information content (AvgIpc) is 3.25. The molecule has 0 N–H and O–H groups in total. The van der Waals surface area contributed by atoms with Gasteiger partial charge in [-0.25, -0.2) is 4.98 Å². The summed E-state index contributed by atoms with van der Waals surface area (Å²) in [6.07, 6.45) is 5.86. The van der Waals surface area contributed by atoms with E-state index >= 15 is 0 Å². The predicted octanol–water partition coefficient (Wildman–Crippen LogP) is 2.40. The first-order valence-electron chi connectivity index (χ1n) is 7.45. The van der Waals surface area contributed by atoms with E-state index in [1.54, 1.807) is 13.4 Å². The summed E-state index contributed by atoms with van der Waals surface area (Å²) in [5.74, 6) is 2.56. The molecule has 1 fully saturated rings. The van der Waals surface area contributed by atoms with Crippen molar-refractivity contribution >= 4 is 11.6 Å². The standard InChI is InChI=1S/C16H17N5O/c1-22-13-6-4-12(5-7-13)14-10-17-16-18-11-19-21(16)15(14)20-8-2-3-9-20/h4-7,10-11H,2-3,8-9H2,1H3. The third-order valence-electron chi connectivity index (χ3n) is 4.09. The van der Waals surface area contributed by atoms with Gasteiger partial charge in [-0.3, -0.25) is 0 Å². The topological polar surface area (TPSA) is 55.6 Å². The minimum absolute atomic E-state index is 0.638. The molecule has 6 heteroatoms. The van der Waals surface area contributed by atoms with E-state index in [2.05, 4.69) is 32.1 Å². The lowest BCUT2D eigenvalue weighted by molar-refractivity contribution is 0.415. The maximum atomic E-state index is 5.24.